The van der Waals surface area contributed by atoms with Crippen LogP contribution in [-0.4, -0.2) is 25.7 Å². The summed E-state index contributed by atoms with van der Waals surface area (Å²) in [4.78, 5) is 0. The zero-order chi connectivity index (χ0) is 9.10. The van der Waals surface area contributed by atoms with Crippen molar-refractivity contribution in [1.82, 2.24) is 10.6 Å². The van der Waals surface area contributed by atoms with Gasteiger partial charge in [0.2, 0.25) is 0 Å². The Kier molecular flexibility index (Phi) is 3.23. The van der Waals surface area contributed by atoms with Crippen molar-refractivity contribution in [3.8, 4) is 0 Å². The summed E-state index contributed by atoms with van der Waals surface area (Å²) in [5.74, 6) is 1.93. The maximum absolute atomic E-state index is 3.65. The van der Waals surface area contributed by atoms with Gasteiger partial charge in [-0.15, -0.1) is 0 Å². The van der Waals surface area contributed by atoms with Gasteiger partial charge in [-0.05, 0) is 57.2 Å². The van der Waals surface area contributed by atoms with E-state index >= 15 is 0 Å². The van der Waals surface area contributed by atoms with Crippen molar-refractivity contribution in [1.29, 1.82) is 0 Å². The molecule has 0 radical (unpaired) electrons. The van der Waals surface area contributed by atoms with E-state index in [4.69, 9.17) is 0 Å². The van der Waals surface area contributed by atoms with Crippen LogP contribution in [0.4, 0.5) is 0 Å². The van der Waals surface area contributed by atoms with Crippen LogP contribution >= 0.6 is 0 Å². The molecular weight excluding hydrogens is 160 g/mol. The molecule has 2 N–H and O–H groups in total. The lowest BCUT2D eigenvalue weighted by Gasteiger charge is -2.33. The first kappa shape index (κ1) is 9.47. The Morgan fingerprint density at radius 2 is 2.23 bits per heavy atom. The number of rotatable bonds is 4. The van der Waals surface area contributed by atoms with Crippen LogP contribution in [0.1, 0.15) is 32.6 Å². The van der Waals surface area contributed by atoms with E-state index < -0.39 is 0 Å². The molecule has 0 aromatic heterocycles. The van der Waals surface area contributed by atoms with Crippen LogP contribution in [-0.2, 0) is 0 Å². The molecule has 2 heteroatoms. The van der Waals surface area contributed by atoms with Crippen molar-refractivity contribution in [2.75, 3.05) is 19.6 Å². The first-order valence-corrected chi connectivity index (χ1v) is 5.78. The summed E-state index contributed by atoms with van der Waals surface area (Å²) in [5, 5.41) is 7.07. The predicted octanol–water partition coefficient (Wildman–Crippen LogP) is 1.37. The van der Waals surface area contributed by atoms with E-state index in [2.05, 4.69) is 17.6 Å². The molecule has 0 aromatic rings. The molecule has 13 heavy (non-hydrogen) atoms. The van der Waals surface area contributed by atoms with E-state index in [0.717, 1.165) is 17.9 Å². The molecule has 1 aliphatic heterocycles. The molecule has 2 nitrogen and oxygen atoms in total. The van der Waals surface area contributed by atoms with Gasteiger partial charge in [-0.3, -0.25) is 0 Å². The van der Waals surface area contributed by atoms with Crippen LogP contribution in [0, 0.1) is 11.8 Å². The molecule has 0 spiro atoms. The van der Waals surface area contributed by atoms with Gasteiger partial charge in [-0.1, -0.05) is 6.92 Å². The lowest BCUT2D eigenvalue weighted by atomic mass is 9.82. The Bertz CT molecular complexity index is 146. The van der Waals surface area contributed by atoms with Crippen LogP contribution < -0.4 is 10.6 Å². The second-order valence-corrected chi connectivity index (χ2v) is 4.88. The molecule has 1 atom stereocenters. The van der Waals surface area contributed by atoms with Crippen LogP contribution in [0.2, 0.25) is 0 Å². The highest BCUT2D eigenvalue weighted by Gasteiger charge is 2.24. The van der Waals surface area contributed by atoms with Gasteiger partial charge < -0.3 is 10.6 Å². The van der Waals surface area contributed by atoms with Crippen LogP contribution in [0.15, 0.2) is 0 Å². The smallest absolute Gasteiger partial charge is 0.00721 e. The normalized spacial score (nSPS) is 39.0. The molecule has 76 valence electrons. The lowest BCUT2D eigenvalue weighted by molar-refractivity contribution is 0.238. The second-order valence-electron chi connectivity index (χ2n) is 4.88. The molecule has 1 saturated heterocycles. The van der Waals surface area contributed by atoms with E-state index in [1.54, 1.807) is 0 Å². The maximum Gasteiger partial charge on any atom is 0.00721 e. The van der Waals surface area contributed by atoms with Gasteiger partial charge in [0.15, 0.2) is 0 Å². The summed E-state index contributed by atoms with van der Waals surface area (Å²) in [6, 6.07) is 0.851. The van der Waals surface area contributed by atoms with Crippen molar-refractivity contribution in [3.05, 3.63) is 0 Å². The summed E-state index contributed by atoms with van der Waals surface area (Å²) >= 11 is 0. The van der Waals surface area contributed by atoms with Gasteiger partial charge in [-0.2, -0.15) is 0 Å². The lowest BCUT2D eigenvalue weighted by Crippen LogP contribution is -2.40. The molecule has 2 fully saturated rings. The minimum Gasteiger partial charge on any atom is -0.316 e. The molecule has 1 heterocycles. The van der Waals surface area contributed by atoms with Crippen molar-refractivity contribution >= 4 is 0 Å². The summed E-state index contributed by atoms with van der Waals surface area (Å²) in [7, 11) is 0. The third-order valence-corrected chi connectivity index (χ3v) is 3.52. The van der Waals surface area contributed by atoms with E-state index in [1.807, 2.05) is 0 Å². The molecule has 0 aromatic carbocycles. The molecule has 2 aliphatic rings. The quantitative estimate of drug-likeness (QED) is 0.686. The zero-order valence-corrected chi connectivity index (χ0v) is 8.68. The first-order chi connectivity index (χ1) is 6.34. The van der Waals surface area contributed by atoms with Gasteiger partial charge in [0.25, 0.3) is 0 Å². The fraction of sp³-hybridized carbons (Fsp3) is 1.00. The van der Waals surface area contributed by atoms with Crippen LogP contribution in [0.5, 0.6) is 0 Å². The minimum atomic E-state index is 0.851. The average molecular weight is 182 g/mol. The SMILES string of the molecule is CC1CC(NCCC2CCNC2)C1. The van der Waals surface area contributed by atoms with E-state index in [1.165, 1.54) is 45.3 Å². The highest BCUT2D eigenvalue weighted by molar-refractivity contribution is 4.82. The Labute approximate surface area is 81.5 Å². The van der Waals surface area contributed by atoms with E-state index in [0.29, 0.717) is 0 Å². The summed E-state index contributed by atoms with van der Waals surface area (Å²) in [6.07, 6.45) is 5.58. The van der Waals surface area contributed by atoms with E-state index in [-0.39, 0.29) is 0 Å². The third-order valence-electron chi connectivity index (χ3n) is 3.52. The van der Waals surface area contributed by atoms with Gasteiger partial charge in [0, 0.05) is 6.04 Å². The molecule has 1 aliphatic carbocycles. The van der Waals surface area contributed by atoms with Crippen LogP contribution in [0.25, 0.3) is 0 Å². The van der Waals surface area contributed by atoms with Gasteiger partial charge in [0.1, 0.15) is 0 Å². The number of hydrogen-bond acceptors (Lipinski definition) is 2. The van der Waals surface area contributed by atoms with Crippen molar-refractivity contribution in [3.63, 3.8) is 0 Å². The highest BCUT2D eigenvalue weighted by atomic mass is 14.9. The molecule has 2 rings (SSSR count). The fourth-order valence-corrected chi connectivity index (χ4v) is 2.52. The Morgan fingerprint density at radius 1 is 1.38 bits per heavy atom. The fourth-order valence-electron chi connectivity index (χ4n) is 2.52. The number of nitrogens with one attached hydrogen (secondary N) is 2. The van der Waals surface area contributed by atoms with Crippen molar-refractivity contribution < 1.29 is 0 Å². The molecule has 0 amide bonds. The Morgan fingerprint density at radius 3 is 2.85 bits per heavy atom. The van der Waals surface area contributed by atoms with Crippen molar-refractivity contribution in [2.24, 2.45) is 11.8 Å². The maximum atomic E-state index is 3.65. The van der Waals surface area contributed by atoms with Crippen molar-refractivity contribution in [2.45, 2.75) is 38.6 Å². The van der Waals surface area contributed by atoms with Gasteiger partial charge >= 0.3 is 0 Å². The Balaban J connectivity index is 1.49. The zero-order valence-electron chi connectivity index (χ0n) is 8.68. The highest BCUT2D eigenvalue weighted by Crippen LogP contribution is 2.26. The summed E-state index contributed by atoms with van der Waals surface area (Å²) in [6.45, 7) is 6.08. The predicted molar refractivity (Wildman–Crippen MR) is 55.8 cm³/mol. The van der Waals surface area contributed by atoms with Gasteiger partial charge in [-0.25, -0.2) is 0 Å². The van der Waals surface area contributed by atoms with Crippen LogP contribution in [0.3, 0.4) is 0 Å². The average Bonchev–Trinajstić information content (AvgIpc) is 2.53. The third kappa shape index (κ3) is 2.68. The standard InChI is InChI=1S/C11H22N2/c1-9-6-11(7-9)13-5-3-10-2-4-12-8-10/h9-13H,2-8H2,1H3. The molecule has 1 unspecified atom stereocenters. The topological polar surface area (TPSA) is 24.1 Å². The second kappa shape index (κ2) is 4.43. The number of hydrogen-bond donors (Lipinski definition) is 2. The summed E-state index contributed by atoms with van der Waals surface area (Å²) in [5.41, 5.74) is 0. The first-order valence-electron chi connectivity index (χ1n) is 5.78. The monoisotopic (exact) mass is 182 g/mol. The molecular formula is C11H22N2. The van der Waals surface area contributed by atoms with Gasteiger partial charge in [0.05, 0.1) is 0 Å². The Hall–Kier alpha value is -0.0800. The summed E-state index contributed by atoms with van der Waals surface area (Å²) < 4.78 is 0. The minimum absolute atomic E-state index is 0.851. The molecule has 1 saturated carbocycles. The largest absolute Gasteiger partial charge is 0.316 e. The molecule has 0 bridgehead atoms. The van der Waals surface area contributed by atoms with E-state index in [9.17, 15) is 0 Å².